The Labute approximate surface area is 85.7 Å². The molecular weight excluding hydrogens is 176 g/mol. The molecule has 2 aliphatic rings. The molecule has 14 heavy (non-hydrogen) atoms. The Morgan fingerprint density at radius 1 is 1.21 bits per heavy atom. The summed E-state index contributed by atoms with van der Waals surface area (Å²) in [4.78, 5) is 11.7. The Bertz CT molecular complexity index is 252. The maximum Gasteiger partial charge on any atom is 0.141 e. The molecule has 0 aliphatic heterocycles. The van der Waals surface area contributed by atoms with Gasteiger partial charge in [0.05, 0.1) is 6.10 Å². The number of carbonyl (C=O) groups is 1. The van der Waals surface area contributed by atoms with Crippen LogP contribution in [-0.4, -0.2) is 17.0 Å². The summed E-state index contributed by atoms with van der Waals surface area (Å²) in [6, 6.07) is 0. The standard InChI is InChI=1S/C12H20O2/c1-12(2,3)8-4-7-5-10(13)9(6-8)11(7)14/h7-10,13H,4-6H2,1-3H3/t7-,8+,9+,10-/m0/s1. The van der Waals surface area contributed by atoms with Crippen LogP contribution in [0.2, 0.25) is 0 Å². The molecule has 0 heterocycles. The molecule has 2 saturated carbocycles. The average Bonchev–Trinajstić information content (AvgIpc) is 2.26. The summed E-state index contributed by atoms with van der Waals surface area (Å²) >= 11 is 0. The predicted octanol–water partition coefficient (Wildman–Crippen LogP) is 2.01. The first-order valence-electron chi connectivity index (χ1n) is 5.61. The van der Waals surface area contributed by atoms with E-state index in [0.29, 0.717) is 11.7 Å². The van der Waals surface area contributed by atoms with E-state index in [1.165, 1.54) is 0 Å². The second kappa shape index (κ2) is 3.06. The fraction of sp³-hybridized carbons (Fsp3) is 0.917. The highest BCUT2D eigenvalue weighted by Crippen LogP contribution is 2.47. The zero-order valence-electron chi connectivity index (χ0n) is 9.29. The number of carbonyl (C=O) groups excluding carboxylic acids is 1. The van der Waals surface area contributed by atoms with Crippen LogP contribution < -0.4 is 0 Å². The summed E-state index contributed by atoms with van der Waals surface area (Å²) in [5.41, 5.74) is 0.279. The van der Waals surface area contributed by atoms with Gasteiger partial charge in [-0.3, -0.25) is 4.79 Å². The lowest BCUT2D eigenvalue weighted by molar-refractivity contribution is -0.129. The zero-order chi connectivity index (χ0) is 10.5. The largest absolute Gasteiger partial charge is 0.392 e. The first-order chi connectivity index (χ1) is 6.39. The Kier molecular flexibility index (Phi) is 2.22. The van der Waals surface area contributed by atoms with Crippen molar-refractivity contribution in [1.29, 1.82) is 0 Å². The van der Waals surface area contributed by atoms with Crippen molar-refractivity contribution >= 4 is 5.78 Å². The monoisotopic (exact) mass is 196 g/mol. The summed E-state index contributed by atoms with van der Waals surface area (Å²) in [7, 11) is 0. The topological polar surface area (TPSA) is 37.3 Å². The normalized spacial score (nSPS) is 43.0. The van der Waals surface area contributed by atoms with Crippen molar-refractivity contribution in [1.82, 2.24) is 0 Å². The molecular formula is C12H20O2. The lowest BCUT2D eigenvalue weighted by atomic mass is 9.68. The molecule has 0 aromatic heterocycles. The molecule has 2 heteroatoms. The van der Waals surface area contributed by atoms with E-state index in [9.17, 15) is 9.90 Å². The maximum absolute atomic E-state index is 11.7. The van der Waals surface area contributed by atoms with E-state index in [4.69, 9.17) is 0 Å². The molecule has 0 aromatic carbocycles. The molecule has 4 atom stereocenters. The van der Waals surface area contributed by atoms with Crippen molar-refractivity contribution in [3.8, 4) is 0 Å². The van der Waals surface area contributed by atoms with Gasteiger partial charge in [0.15, 0.2) is 0 Å². The molecule has 2 aliphatic carbocycles. The molecule has 0 radical (unpaired) electrons. The van der Waals surface area contributed by atoms with E-state index in [2.05, 4.69) is 20.8 Å². The number of hydrogen-bond acceptors (Lipinski definition) is 2. The van der Waals surface area contributed by atoms with E-state index in [1.807, 2.05) is 0 Å². The highest BCUT2D eigenvalue weighted by Gasteiger charge is 2.49. The number of Topliss-reactive ketones (excluding diaryl/α,β-unsaturated/α-hetero) is 1. The van der Waals surface area contributed by atoms with Crippen LogP contribution in [0.25, 0.3) is 0 Å². The SMILES string of the molecule is CC(C)(C)[C@@H]1C[C@H]2C[C@H](O)[C@@H](C1)C2=O. The number of aliphatic hydroxyl groups excluding tert-OH is 1. The number of rotatable bonds is 0. The third-order valence-corrected chi connectivity index (χ3v) is 4.09. The van der Waals surface area contributed by atoms with Gasteiger partial charge in [0, 0.05) is 11.8 Å². The van der Waals surface area contributed by atoms with E-state index in [1.54, 1.807) is 0 Å². The zero-order valence-corrected chi connectivity index (χ0v) is 9.29. The first-order valence-corrected chi connectivity index (χ1v) is 5.61. The maximum atomic E-state index is 11.7. The number of fused-ring (bicyclic) bond motifs is 2. The molecule has 0 aromatic rings. The Morgan fingerprint density at radius 3 is 2.36 bits per heavy atom. The highest BCUT2D eigenvalue weighted by molar-refractivity contribution is 5.87. The fourth-order valence-corrected chi connectivity index (χ4v) is 3.00. The van der Waals surface area contributed by atoms with Gasteiger partial charge in [-0.05, 0) is 30.6 Å². The van der Waals surface area contributed by atoms with Gasteiger partial charge in [-0.2, -0.15) is 0 Å². The molecule has 2 rings (SSSR count). The van der Waals surface area contributed by atoms with Crippen LogP contribution in [0.4, 0.5) is 0 Å². The quantitative estimate of drug-likeness (QED) is 0.643. The van der Waals surface area contributed by atoms with E-state index in [0.717, 1.165) is 19.3 Å². The van der Waals surface area contributed by atoms with Gasteiger partial charge in [-0.1, -0.05) is 20.8 Å². The minimum Gasteiger partial charge on any atom is -0.392 e. The third kappa shape index (κ3) is 1.50. The fourth-order valence-electron chi connectivity index (χ4n) is 3.00. The summed E-state index contributed by atoms with van der Waals surface area (Å²) in [6.07, 6.45) is 2.27. The number of hydrogen-bond donors (Lipinski definition) is 1. The van der Waals surface area contributed by atoms with Gasteiger partial charge in [0.25, 0.3) is 0 Å². The summed E-state index contributed by atoms with van der Waals surface area (Å²) < 4.78 is 0. The second-order valence-electron chi connectivity index (χ2n) is 6.04. The molecule has 0 spiro atoms. The molecule has 80 valence electrons. The summed E-state index contributed by atoms with van der Waals surface area (Å²) in [5.74, 6) is 1.05. The van der Waals surface area contributed by atoms with Crippen LogP contribution >= 0.6 is 0 Å². The number of ketones is 1. The first kappa shape index (κ1) is 10.2. The van der Waals surface area contributed by atoms with Gasteiger partial charge in [-0.15, -0.1) is 0 Å². The van der Waals surface area contributed by atoms with Crippen molar-refractivity contribution in [3.63, 3.8) is 0 Å². The average molecular weight is 196 g/mol. The molecule has 2 bridgehead atoms. The molecule has 0 unspecified atom stereocenters. The van der Waals surface area contributed by atoms with Crippen molar-refractivity contribution in [2.75, 3.05) is 0 Å². The molecule has 1 N–H and O–H groups in total. The van der Waals surface area contributed by atoms with E-state index >= 15 is 0 Å². The van der Waals surface area contributed by atoms with Crippen molar-refractivity contribution in [2.24, 2.45) is 23.2 Å². The lowest BCUT2D eigenvalue weighted by Gasteiger charge is -2.36. The summed E-state index contributed by atoms with van der Waals surface area (Å²) in [6.45, 7) is 6.71. The van der Waals surface area contributed by atoms with Gasteiger partial charge >= 0.3 is 0 Å². The Balaban J connectivity index is 2.15. The third-order valence-electron chi connectivity index (χ3n) is 4.09. The molecule has 0 saturated heterocycles. The molecule has 2 fully saturated rings. The van der Waals surface area contributed by atoms with Crippen LogP contribution in [0.3, 0.4) is 0 Å². The van der Waals surface area contributed by atoms with Crippen LogP contribution in [0.1, 0.15) is 40.0 Å². The lowest BCUT2D eigenvalue weighted by Crippen LogP contribution is -2.34. The molecule has 2 nitrogen and oxygen atoms in total. The van der Waals surface area contributed by atoms with Crippen LogP contribution in [0, 0.1) is 23.2 Å². The highest BCUT2D eigenvalue weighted by atomic mass is 16.3. The molecule has 0 amide bonds. The van der Waals surface area contributed by atoms with Crippen LogP contribution in [0.15, 0.2) is 0 Å². The smallest absolute Gasteiger partial charge is 0.141 e. The minimum absolute atomic E-state index is 0.0435. The second-order valence-corrected chi connectivity index (χ2v) is 6.04. The van der Waals surface area contributed by atoms with Crippen molar-refractivity contribution < 1.29 is 9.90 Å². The van der Waals surface area contributed by atoms with Gasteiger partial charge in [0.1, 0.15) is 5.78 Å². The van der Waals surface area contributed by atoms with Crippen LogP contribution in [-0.2, 0) is 4.79 Å². The van der Waals surface area contributed by atoms with E-state index < -0.39 is 0 Å². The Morgan fingerprint density at radius 2 is 1.86 bits per heavy atom. The van der Waals surface area contributed by atoms with Crippen molar-refractivity contribution in [3.05, 3.63) is 0 Å². The van der Waals surface area contributed by atoms with Gasteiger partial charge in [-0.25, -0.2) is 0 Å². The summed E-state index contributed by atoms with van der Waals surface area (Å²) in [5, 5.41) is 9.73. The van der Waals surface area contributed by atoms with Gasteiger partial charge < -0.3 is 5.11 Å². The van der Waals surface area contributed by atoms with Crippen LogP contribution in [0.5, 0.6) is 0 Å². The van der Waals surface area contributed by atoms with E-state index in [-0.39, 0.29) is 23.4 Å². The van der Waals surface area contributed by atoms with Gasteiger partial charge in [0.2, 0.25) is 0 Å². The predicted molar refractivity (Wildman–Crippen MR) is 54.8 cm³/mol. The number of aliphatic hydroxyl groups is 1. The van der Waals surface area contributed by atoms with Crippen molar-refractivity contribution in [2.45, 2.75) is 46.1 Å². The minimum atomic E-state index is -0.347. The Hall–Kier alpha value is -0.370.